The Labute approximate surface area is 223 Å². The summed E-state index contributed by atoms with van der Waals surface area (Å²) in [6.45, 7) is 9.10. The van der Waals surface area contributed by atoms with Crippen molar-refractivity contribution in [1.82, 2.24) is 19.8 Å². The minimum atomic E-state index is -2.92. The van der Waals surface area contributed by atoms with Gasteiger partial charge in [0, 0.05) is 34.3 Å². The summed E-state index contributed by atoms with van der Waals surface area (Å²) in [5.41, 5.74) is 8.07. The van der Waals surface area contributed by atoms with Crippen LogP contribution in [0.4, 0.5) is 8.78 Å². The number of rotatable bonds is 6. The van der Waals surface area contributed by atoms with E-state index < -0.39 is 31.5 Å². The highest BCUT2D eigenvalue weighted by atomic mass is 19.3. The maximum absolute atomic E-state index is 13.8. The molecule has 2 fully saturated rings. The first-order chi connectivity index (χ1) is 18.0. The second kappa shape index (κ2) is 10.4. The van der Waals surface area contributed by atoms with Gasteiger partial charge in [0.1, 0.15) is 0 Å². The Balaban J connectivity index is 1.31. The highest BCUT2D eigenvalue weighted by molar-refractivity contribution is 5.92. The Bertz CT molecular complexity index is 1310. The number of hydrogen-bond acceptors (Lipinski definition) is 4. The minimum Gasteiger partial charge on any atom is -0.394 e. The Morgan fingerprint density at radius 1 is 1.16 bits per heavy atom. The van der Waals surface area contributed by atoms with Crippen molar-refractivity contribution >= 4 is 16.8 Å². The SMILES string of the molecule is Cc1cc(-c2[nH]c3ccc(C4CCN(CC(=O)N5CC(F)(F)C[C@H]5CO)CC4)cc3c2C(C)C)cc(C)n1. The fourth-order valence-electron chi connectivity index (χ4n) is 6.35. The van der Waals surface area contributed by atoms with E-state index in [2.05, 4.69) is 59.0 Å². The lowest BCUT2D eigenvalue weighted by molar-refractivity contribution is -0.135. The average molecular weight is 525 g/mol. The van der Waals surface area contributed by atoms with Gasteiger partial charge in [0.15, 0.2) is 0 Å². The number of pyridine rings is 1. The Morgan fingerprint density at radius 3 is 2.47 bits per heavy atom. The molecule has 2 aromatic heterocycles. The van der Waals surface area contributed by atoms with Gasteiger partial charge >= 0.3 is 0 Å². The van der Waals surface area contributed by atoms with Gasteiger partial charge < -0.3 is 15.0 Å². The van der Waals surface area contributed by atoms with Crippen LogP contribution in [-0.4, -0.2) is 75.5 Å². The average Bonchev–Trinajstić information content (AvgIpc) is 3.40. The lowest BCUT2D eigenvalue weighted by Gasteiger charge is -2.33. The molecule has 0 unspecified atom stereocenters. The molecule has 2 saturated heterocycles. The van der Waals surface area contributed by atoms with Gasteiger partial charge in [0.05, 0.1) is 31.4 Å². The number of aliphatic hydroxyl groups is 1. The first-order valence-corrected chi connectivity index (χ1v) is 13.7. The van der Waals surface area contributed by atoms with Gasteiger partial charge in [0.2, 0.25) is 5.91 Å². The summed E-state index contributed by atoms with van der Waals surface area (Å²) >= 11 is 0. The normalized spacial score (nSPS) is 20.6. The van der Waals surface area contributed by atoms with Crippen LogP contribution in [0.25, 0.3) is 22.2 Å². The lowest BCUT2D eigenvalue weighted by Crippen LogP contribution is -2.46. The maximum Gasteiger partial charge on any atom is 0.267 e. The molecule has 0 bridgehead atoms. The van der Waals surface area contributed by atoms with Crippen molar-refractivity contribution in [2.24, 2.45) is 0 Å². The van der Waals surface area contributed by atoms with E-state index in [1.54, 1.807) is 0 Å². The number of H-pyrrole nitrogens is 1. The van der Waals surface area contributed by atoms with Gasteiger partial charge in [-0.05, 0) is 87.0 Å². The van der Waals surface area contributed by atoms with Gasteiger partial charge in [0.25, 0.3) is 5.92 Å². The van der Waals surface area contributed by atoms with E-state index in [1.807, 2.05) is 13.8 Å². The molecule has 0 spiro atoms. The molecule has 1 atom stereocenters. The van der Waals surface area contributed by atoms with Crippen LogP contribution in [0, 0.1) is 13.8 Å². The summed E-state index contributed by atoms with van der Waals surface area (Å²) in [5, 5.41) is 10.7. The van der Waals surface area contributed by atoms with Crippen LogP contribution >= 0.6 is 0 Å². The molecule has 4 heterocycles. The Hall–Kier alpha value is -2.84. The molecule has 0 aliphatic carbocycles. The highest BCUT2D eigenvalue weighted by Gasteiger charge is 2.46. The number of hydrogen-bond donors (Lipinski definition) is 2. The smallest absolute Gasteiger partial charge is 0.267 e. The topological polar surface area (TPSA) is 72.5 Å². The molecule has 0 saturated carbocycles. The van der Waals surface area contributed by atoms with Crippen molar-refractivity contribution in [3.8, 4) is 11.3 Å². The number of nitrogens with one attached hydrogen (secondary N) is 1. The molecule has 2 aliphatic heterocycles. The molecule has 38 heavy (non-hydrogen) atoms. The van der Waals surface area contributed by atoms with Crippen molar-refractivity contribution in [1.29, 1.82) is 0 Å². The van der Waals surface area contributed by atoms with Crippen molar-refractivity contribution < 1.29 is 18.7 Å². The van der Waals surface area contributed by atoms with Crippen LogP contribution in [-0.2, 0) is 4.79 Å². The third kappa shape index (κ3) is 5.34. The molecule has 6 nitrogen and oxygen atoms in total. The summed E-state index contributed by atoms with van der Waals surface area (Å²) in [6, 6.07) is 10.2. The number of fused-ring (bicyclic) bond motifs is 1. The predicted octanol–water partition coefficient (Wildman–Crippen LogP) is 5.38. The predicted molar refractivity (Wildman–Crippen MR) is 146 cm³/mol. The van der Waals surface area contributed by atoms with Gasteiger partial charge in [-0.15, -0.1) is 0 Å². The first-order valence-electron chi connectivity index (χ1n) is 13.7. The van der Waals surface area contributed by atoms with E-state index in [4.69, 9.17) is 0 Å². The number of carbonyl (C=O) groups excluding carboxylic acids is 1. The van der Waals surface area contributed by atoms with E-state index in [-0.39, 0.29) is 12.5 Å². The molecule has 1 aromatic carbocycles. The zero-order valence-electron chi connectivity index (χ0n) is 22.7. The van der Waals surface area contributed by atoms with Gasteiger partial charge in [-0.3, -0.25) is 14.7 Å². The molecular formula is C30H38F2N4O2. The maximum atomic E-state index is 13.8. The van der Waals surface area contributed by atoms with Gasteiger partial charge in [-0.1, -0.05) is 19.9 Å². The minimum absolute atomic E-state index is 0.127. The Morgan fingerprint density at radius 2 is 1.84 bits per heavy atom. The molecule has 204 valence electrons. The van der Waals surface area contributed by atoms with Crippen molar-refractivity contribution in [3.05, 3.63) is 52.8 Å². The van der Waals surface area contributed by atoms with E-state index in [9.17, 15) is 18.7 Å². The summed E-state index contributed by atoms with van der Waals surface area (Å²) in [4.78, 5) is 24.2. The number of likely N-dealkylation sites (tertiary alicyclic amines) is 2. The van der Waals surface area contributed by atoms with Gasteiger partial charge in [-0.2, -0.15) is 0 Å². The molecule has 2 aliphatic rings. The van der Waals surface area contributed by atoms with Crippen LogP contribution in [0.1, 0.15) is 67.5 Å². The van der Waals surface area contributed by atoms with E-state index in [1.165, 1.54) is 21.4 Å². The second-order valence-electron chi connectivity index (χ2n) is 11.5. The third-order valence-electron chi connectivity index (χ3n) is 8.14. The number of aliphatic hydroxyl groups excluding tert-OH is 1. The highest BCUT2D eigenvalue weighted by Crippen LogP contribution is 2.39. The van der Waals surface area contributed by atoms with Crippen LogP contribution in [0.5, 0.6) is 0 Å². The summed E-state index contributed by atoms with van der Waals surface area (Å²) in [7, 11) is 0. The molecule has 8 heteroatoms. The number of amides is 1. The molecule has 5 rings (SSSR count). The molecule has 1 amide bonds. The van der Waals surface area contributed by atoms with E-state index in [0.717, 1.165) is 54.1 Å². The second-order valence-corrected chi connectivity index (χ2v) is 11.5. The number of aryl methyl sites for hydroxylation is 2. The number of nitrogens with zero attached hydrogens (tertiary/aromatic N) is 3. The van der Waals surface area contributed by atoms with Crippen LogP contribution in [0.2, 0.25) is 0 Å². The summed E-state index contributed by atoms with van der Waals surface area (Å²) in [5.74, 6) is -2.51. The van der Waals surface area contributed by atoms with Crippen LogP contribution < -0.4 is 0 Å². The quantitative estimate of drug-likeness (QED) is 0.454. The van der Waals surface area contributed by atoms with Crippen molar-refractivity contribution in [2.75, 3.05) is 32.8 Å². The standard InChI is InChI=1S/C30H38F2N4O2/c1-18(2)28-25-13-22(5-6-26(25)34-29(28)23-11-19(3)33-20(4)12-23)21-7-9-35(10-8-21)15-27(38)36-17-30(31,32)14-24(36)16-37/h5-6,11-13,18,21,24,34,37H,7-10,14-17H2,1-4H3/t24-/m0/s1. The fraction of sp³-hybridized carbons (Fsp3) is 0.533. The number of halogens is 2. The number of benzene rings is 1. The molecular weight excluding hydrogens is 486 g/mol. The largest absolute Gasteiger partial charge is 0.394 e. The van der Waals surface area contributed by atoms with Crippen LogP contribution in [0.3, 0.4) is 0 Å². The monoisotopic (exact) mass is 524 g/mol. The number of aromatic nitrogens is 2. The first kappa shape index (κ1) is 26.8. The van der Waals surface area contributed by atoms with Crippen molar-refractivity contribution in [2.45, 2.75) is 70.8 Å². The molecule has 3 aromatic rings. The number of piperidine rings is 1. The van der Waals surface area contributed by atoms with E-state index in [0.29, 0.717) is 11.8 Å². The lowest BCUT2D eigenvalue weighted by atomic mass is 9.87. The zero-order chi connectivity index (χ0) is 27.2. The van der Waals surface area contributed by atoms with E-state index >= 15 is 0 Å². The zero-order valence-corrected chi connectivity index (χ0v) is 22.7. The molecule has 2 N–H and O–H groups in total. The summed E-state index contributed by atoms with van der Waals surface area (Å²) in [6.07, 6.45) is 1.37. The third-order valence-corrected chi connectivity index (χ3v) is 8.14. The summed E-state index contributed by atoms with van der Waals surface area (Å²) < 4.78 is 27.6. The van der Waals surface area contributed by atoms with Crippen LogP contribution in [0.15, 0.2) is 30.3 Å². The number of carbonyl (C=O) groups is 1. The number of aromatic amines is 1. The van der Waals surface area contributed by atoms with Crippen molar-refractivity contribution in [3.63, 3.8) is 0 Å². The molecule has 0 radical (unpaired) electrons. The fourth-order valence-corrected chi connectivity index (χ4v) is 6.35. The number of alkyl halides is 2. The van der Waals surface area contributed by atoms with Gasteiger partial charge in [-0.25, -0.2) is 8.78 Å². The Kier molecular flexibility index (Phi) is 7.31.